The van der Waals surface area contributed by atoms with E-state index >= 15 is 0 Å². The largest absolute Gasteiger partial charge is 0.462 e. The summed E-state index contributed by atoms with van der Waals surface area (Å²) in [5.41, 5.74) is 0. The Kier molecular flexibility index (Phi) is 3.89. The number of carbonyl (C=O) groups is 1. The van der Waals surface area contributed by atoms with Crippen molar-refractivity contribution in [2.45, 2.75) is 11.8 Å². The van der Waals surface area contributed by atoms with Crippen LogP contribution in [0.3, 0.4) is 0 Å². The lowest BCUT2D eigenvalue weighted by atomic mass is 10.4. The van der Waals surface area contributed by atoms with Gasteiger partial charge in [-0.3, -0.25) is 0 Å². The van der Waals surface area contributed by atoms with E-state index in [2.05, 4.69) is 11.5 Å². The molecule has 1 aliphatic rings. The fourth-order valence-corrected chi connectivity index (χ4v) is 1.94. The monoisotopic (exact) mass is 199 g/mol. The minimum Gasteiger partial charge on any atom is -0.462 e. The summed E-state index contributed by atoms with van der Waals surface area (Å²) in [5.74, 6) is -0.349. The summed E-state index contributed by atoms with van der Waals surface area (Å²) < 4.78 is 4.88. The van der Waals surface area contributed by atoms with Crippen molar-refractivity contribution < 1.29 is 9.53 Å². The predicted molar refractivity (Wildman–Crippen MR) is 54.1 cm³/mol. The van der Waals surface area contributed by atoms with Crippen LogP contribution in [0.5, 0.6) is 0 Å². The number of ether oxygens (including phenoxy) is 1. The van der Waals surface area contributed by atoms with Crippen molar-refractivity contribution in [3.05, 3.63) is 24.3 Å². The van der Waals surface area contributed by atoms with E-state index in [1.807, 2.05) is 18.7 Å². The van der Waals surface area contributed by atoms with Gasteiger partial charge in [-0.25, -0.2) is 4.79 Å². The SMILES string of the molecule is C=CC(=O)OCCC1SC=CN1C. The van der Waals surface area contributed by atoms with Crippen LogP contribution >= 0.6 is 11.8 Å². The molecule has 0 aromatic heterocycles. The lowest BCUT2D eigenvalue weighted by Gasteiger charge is -2.18. The molecule has 1 aliphatic heterocycles. The fraction of sp³-hybridized carbons (Fsp3) is 0.444. The van der Waals surface area contributed by atoms with Crippen LogP contribution in [0.1, 0.15) is 6.42 Å². The number of rotatable bonds is 4. The zero-order valence-corrected chi connectivity index (χ0v) is 8.42. The second-order valence-corrected chi connectivity index (χ2v) is 3.79. The van der Waals surface area contributed by atoms with Crippen LogP contribution in [-0.2, 0) is 9.53 Å². The zero-order valence-electron chi connectivity index (χ0n) is 7.60. The molecule has 72 valence electrons. The molecule has 0 spiro atoms. The summed E-state index contributed by atoms with van der Waals surface area (Å²) >= 11 is 1.74. The molecule has 13 heavy (non-hydrogen) atoms. The van der Waals surface area contributed by atoms with Gasteiger partial charge < -0.3 is 9.64 Å². The first-order chi connectivity index (χ1) is 6.24. The summed E-state index contributed by atoms with van der Waals surface area (Å²) in [7, 11) is 2.01. The molecule has 0 aromatic rings. The Balaban J connectivity index is 2.13. The van der Waals surface area contributed by atoms with E-state index in [-0.39, 0.29) is 5.97 Å². The smallest absolute Gasteiger partial charge is 0.330 e. The fourth-order valence-electron chi connectivity index (χ4n) is 1.00. The van der Waals surface area contributed by atoms with Crippen LogP contribution in [0.2, 0.25) is 0 Å². The lowest BCUT2D eigenvalue weighted by molar-refractivity contribution is -0.137. The molecule has 0 fully saturated rings. The van der Waals surface area contributed by atoms with E-state index in [9.17, 15) is 4.79 Å². The van der Waals surface area contributed by atoms with Gasteiger partial charge in [-0.2, -0.15) is 0 Å². The van der Waals surface area contributed by atoms with Gasteiger partial charge in [0.05, 0.1) is 12.0 Å². The highest BCUT2D eigenvalue weighted by Crippen LogP contribution is 2.25. The molecule has 1 rings (SSSR count). The van der Waals surface area contributed by atoms with Gasteiger partial charge in [-0.15, -0.1) is 11.8 Å². The van der Waals surface area contributed by atoms with E-state index in [0.29, 0.717) is 12.0 Å². The summed E-state index contributed by atoms with van der Waals surface area (Å²) in [4.78, 5) is 12.8. The van der Waals surface area contributed by atoms with Crippen LogP contribution in [0.4, 0.5) is 0 Å². The van der Waals surface area contributed by atoms with Crippen LogP contribution in [0, 0.1) is 0 Å². The summed E-state index contributed by atoms with van der Waals surface area (Å²) in [6, 6.07) is 0. The lowest BCUT2D eigenvalue weighted by Crippen LogP contribution is -2.21. The normalized spacial score (nSPS) is 20.4. The van der Waals surface area contributed by atoms with E-state index in [1.165, 1.54) is 6.08 Å². The first-order valence-corrected chi connectivity index (χ1v) is 5.01. The molecule has 0 amide bonds. The molecule has 0 aromatic carbocycles. The maximum Gasteiger partial charge on any atom is 0.330 e. The van der Waals surface area contributed by atoms with Crippen molar-refractivity contribution in [2.75, 3.05) is 13.7 Å². The van der Waals surface area contributed by atoms with Crippen molar-refractivity contribution in [1.29, 1.82) is 0 Å². The summed E-state index contributed by atoms with van der Waals surface area (Å²) in [6.45, 7) is 3.78. The average molecular weight is 199 g/mol. The first-order valence-electron chi connectivity index (χ1n) is 4.07. The average Bonchev–Trinajstić information content (AvgIpc) is 2.52. The Bertz CT molecular complexity index is 228. The van der Waals surface area contributed by atoms with Crippen molar-refractivity contribution >= 4 is 17.7 Å². The second kappa shape index (κ2) is 4.97. The predicted octanol–water partition coefficient (Wildman–Crippen LogP) is 1.58. The topological polar surface area (TPSA) is 29.5 Å². The van der Waals surface area contributed by atoms with Crippen molar-refractivity contribution in [3.8, 4) is 0 Å². The molecular weight excluding hydrogens is 186 g/mol. The highest BCUT2D eigenvalue weighted by atomic mass is 32.2. The number of hydrogen-bond acceptors (Lipinski definition) is 4. The standard InChI is InChI=1S/C9H13NO2S/c1-3-9(11)12-6-4-8-10(2)5-7-13-8/h3,5,7-8H,1,4,6H2,2H3. The maximum absolute atomic E-state index is 10.7. The molecule has 1 atom stereocenters. The van der Waals surface area contributed by atoms with Crippen LogP contribution in [-0.4, -0.2) is 29.9 Å². The molecule has 4 heteroatoms. The van der Waals surface area contributed by atoms with Gasteiger partial charge in [0.15, 0.2) is 0 Å². The molecule has 0 bridgehead atoms. The molecule has 0 radical (unpaired) electrons. The Hall–Kier alpha value is -0.900. The van der Waals surface area contributed by atoms with Crippen molar-refractivity contribution in [3.63, 3.8) is 0 Å². The molecule has 1 heterocycles. The molecule has 1 unspecified atom stereocenters. The number of carbonyl (C=O) groups excluding carboxylic acids is 1. The third kappa shape index (κ3) is 3.14. The van der Waals surface area contributed by atoms with E-state index < -0.39 is 0 Å². The molecule has 3 nitrogen and oxygen atoms in total. The highest BCUT2D eigenvalue weighted by molar-refractivity contribution is 8.02. The maximum atomic E-state index is 10.7. The highest BCUT2D eigenvalue weighted by Gasteiger charge is 2.15. The van der Waals surface area contributed by atoms with Crippen LogP contribution in [0.25, 0.3) is 0 Å². The Morgan fingerprint density at radius 1 is 1.85 bits per heavy atom. The third-order valence-corrected chi connectivity index (χ3v) is 2.92. The van der Waals surface area contributed by atoms with E-state index in [4.69, 9.17) is 4.74 Å². The molecular formula is C9H13NO2S. The Morgan fingerprint density at radius 3 is 3.15 bits per heavy atom. The number of thioether (sulfide) groups is 1. The van der Waals surface area contributed by atoms with Gasteiger partial charge in [0.1, 0.15) is 0 Å². The van der Waals surface area contributed by atoms with Gasteiger partial charge in [-0.1, -0.05) is 6.58 Å². The third-order valence-electron chi connectivity index (χ3n) is 1.76. The second-order valence-electron chi connectivity index (χ2n) is 2.70. The van der Waals surface area contributed by atoms with Gasteiger partial charge in [0.2, 0.25) is 0 Å². The van der Waals surface area contributed by atoms with Crippen molar-refractivity contribution in [2.24, 2.45) is 0 Å². The minimum atomic E-state index is -0.349. The number of hydrogen-bond donors (Lipinski definition) is 0. The molecule has 0 saturated carbocycles. The van der Waals surface area contributed by atoms with E-state index in [0.717, 1.165) is 6.42 Å². The number of nitrogens with zero attached hydrogens (tertiary/aromatic N) is 1. The summed E-state index contributed by atoms with van der Waals surface area (Å²) in [5, 5.41) is 2.44. The Morgan fingerprint density at radius 2 is 2.62 bits per heavy atom. The van der Waals surface area contributed by atoms with Gasteiger partial charge in [0.25, 0.3) is 0 Å². The quantitative estimate of drug-likeness (QED) is 0.508. The van der Waals surface area contributed by atoms with Crippen molar-refractivity contribution in [1.82, 2.24) is 4.90 Å². The van der Waals surface area contributed by atoms with Crippen LogP contribution < -0.4 is 0 Å². The molecule has 0 saturated heterocycles. The molecule has 0 aliphatic carbocycles. The number of esters is 1. The summed E-state index contributed by atoms with van der Waals surface area (Å²) in [6.07, 6.45) is 4.04. The first kappa shape index (κ1) is 10.2. The van der Waals surface area contributed by atoms with Crippen LogP contribution in [0.15, 0.2) is 24.3 Å². The van der Waals surface area contributed by atoms with E-state index in [1.54, 1.807) is 11.8 Å². The van der Waals surface area contributed by atoms with Gasteiger partial charge in [-0.05, 0) is 5.41 Å². The zero-order chi connectivity index (χ0) is 9.68. The van der Waals surface area contributed by atoms with Gasteiger partial charge >= 0.3 is 5.97 Å². The van der Waals surface area contributed by atoms with Gasteiger partial charge in [0, 0.05) is 25.7 Å². The minimum absolute atomic E-state index is 0.349. The Labute approximate surface area is 82.4 Å². The molecule has 0 N–H and O–H groups in total.